The minimum absolute atomic E-state index is 2.44. The van der Waals surface area contributed by atoms with Gasteiger partial charge < -0.3 is 0 Å². The lowest BCUT2D eigenvalue weighted by molar-refractivity contribution is 0.269. The molecule has 8 heteroatoms. The average Bonchev–Trinajstić information content (AvgIpc) is 1.14. The van der Waals surface area contributed by atoms with E-state index in [4.69, 9.17) is 39.4 Å². The van der Waals surface area contributed by atoms with Gasteiger partial charge in [0.2, 0.25) is 0 Å². The quantitative estimate of drug-likeness (QED) is 0.526. The molecule has 0 spiro atoms. The van der Waals surface area contributed by atoms with Crippen LogP contribution in [0, 0.1) is 0 Å². The van der Waals surface area contributed by atoms with Crippen LogP contribution < -0.4 is 0 Å². The van der Waals surface area contributed by atoms with Gasteiger partial charge in [0, 0.05) is 0 Å². The van der Waals surface area contributed by atoms with Gasteiger partial charge in [-0.2, -0.15) is 12.6 Å². The van der Waals surface area contributed by atoms with E-state index in [1.54, 1.807) is 0 Å². The zero-order valence-corrected chi connectivity index (χ0v) is 6.80. The molecule has 9 heavy (non-hydrogen) atoms. The molecule has 0 radical (unpaired) electrons. The highest BCUT2D eigenvalue weighted by Crippen LogP contribution is 2.28. The summed E-state index contributed by atoms with van der Waals surface area (Å²) in [6, 6.07) is 0. The number of halogens is 3. The molecule has 1 N–H and O–H groups in total. The van der Waals surface area contributed by atoms with E-state index in [0.29, 0.717) is 0 Å². The zero-order valence-electron chi connectivity index (χ0n) is 3.71. The molecule has 0 fully saturated rings. The Kier molecular flexibility index (Phi) is 3.00. The molecule has 0 heterocycles. The van der Waals surface area contributed by atoms with Gasteiger partial charge in [-0.1, -0.05) is 34.8 Å². The summed E-state index contributed by atoms with van der Waals surface area (Å²) in [4.78, 5) is 0. The molecule has 0 aliphatic heterocycles. The van der Waals surface area contributed by atoms with Crippen LogP contribution in [0.5, 0.6) is 0 Å². The van der Waals surface area contributed by atoms with Crippen molar-refractivity contribution in [2.75, 3.05) is 0 Å². The molecule has 0 saturated carbocycles. The van der Waals surface area contributed by atoms with Crippen molar-refractivity contribution < 1.29 is 17.2 Å². The van der Waals surface area contributed by atoms with Crippen LogP contribution in [0.1, 0.15) is 0 Å². The van der Waals surface area contributed by atoms with E-state index in [2.05, 4.69) is 4.18 Å². The zero-order chi connectivity index (χ0) is 7.71. The minimum Gasteiger partial charge on any atom is -0.263 e. The first-order valence-corrected chi connectivity index (χ1v) is 3.95. The second kappa shape index (κ2) is 2.77. The van der Waals surface area contributed by atoms with Crippen molar-refractivity contribution in [1.29, 1.82) is 0 Å². The van der Waals surface area contributed by atoms with Gasteiger partial charge in [0.15, 0.2) is 0 Å². The van der Waals surface area contributed by atoms with Crippen LogP contribution >= 0.6 is 34.8 Å². The Morgan fingerprint density at radius 3 is 1.67 bits per heavy atom. The van der Waals surface area contributed by atoms with Crippen molar-refractivity contribution >= 4 is 45.2 Å². The molecule has 0 atom stereocenters. The SMILES string of the molecule is O=S(=O)(O)OC(Cl)(Cl)Cl. The normalized spacial score (nSPS) is 13.8. The van der Waals surface area contributed by atoms with Crippen molar-refractivity contribution in [3.63, 3.8) is 0 Å². The minimum atomic E-state index is -4.68. The fourth-order valence-corrected chi connectivity index (χ4v) is 1.07. The molecule has 0 aliphatic rings. The van der Waals surface area contributed by atoms with Crippen molar-refractivity contribution in [3.05, 3.63) is 0 Å². The lowest BCUT2D eigenvalue weighted by Crippen LogP contribution is -2.15. The van der Waals surface area contributed by atoms with Gasteiger partial charge in [-0.3, -0.25) is 4.55 Å². The summed E-state index contributed by atoms with van der Waals surface area (Å²) in [6.07, 6.45) is 0. The predicted octanol–water partition coefficient (Wildman–Crippen LogP) is 1.13. The maximum Gasteiger partial charge on any atom is 0.401 e. The van der Waals surface area contributed by atoms with Crippen LogP contribution in [0.3, 0.4) is 0 Å². The first-order chi connectivity index (χ1) is 3.71. The fourth-order valence-electron chi connectivity index (χ4n) is 0.119. The van der Waals surface area contributed by atoms with Crippen molar-refractivity contribution in [2.45, 2.75) is 3.98 Å². The molecule has 0 saturated heterocycles. The van der Waals surface area contributed by atoms with Gasteiger partial charge in [0.25, 0.3) is 0 Å². The van der Waals surface area contributed by atoms with Gasteiger partial charge in [0.05, 0.1) is 0 Å². The topological polar surface area (TPSA) is 63.6 Å². The molecular formula is CHCl3O4S. The highest BCUT2D eigenvalue weighted by atomic mass is 35.6. The third-order valence-electron chi connectivity index (χ3n) is 0.200. The van der Waals surface area contributed by atoms with Crippen molar-refractivity contribution in [1.82, 2.24) is 0 Å². The van der Waals surface area contributed by atoms with Crippen LogP contribution in [0.4, 0.5) is 0 Å². The third kappa shape index (κ3) is 8.74. The molecule has 0 aromatic heterocycles. The predicted molar refractivity (Wildman–Crippen MR) is 32.9 cm³/mol. The van der Waals surface area contributed by atoms with Gasteiger partial charge >= 0.3 is 14.4 Å². The number of hydrogen-bond donors (Lipinski definition) is 1. The molecule has 4 nitrogen and oxygen atoms in total. The van der Waals surface area contributed by atoms with E-state index < -0.39 is 14.4 Å². The summed E-state index contributed by atoms with van der Waals surface area (Å²) in [5.41, 5.74) is 0. The standard InChI is InChI=1S/CHCl3O4S/c2-1(3,4)8-9(5,6)7/h(H,5,6,7). The molecule has 0 aromatic rings. The first kappa shape index (κ1) is 9.74. The van der Waals surface area contributed by atoms with Gasteiger partial charge in [-0.25, -0.2) is 0 Å². The van der Waals surface area contributed by atoms with Crippen LogP contribution in [0.15, 0.2) is 0 Å². The Morgan fingerprint density at radius 1 is 1.33 bits per heavy atom. The Hall–Kier alpha value is 0.740. The molecule has 56 valence electrons. The molecule has 0 aliphatic carbocycles. The van der Waals surface area contributed by atoms with Crippen LogP contribution in [-0.4, -0.2) is 16.9 Å². The average molecular weight is 215 g/mol. The van der Waals surface area contributed by atoms with E-state index in [1.165, 1.54) is 0 Å². The van der Waals surface area contributed by atoms with E-state index in [9.17, 15) is 8.42 Å². The highest BCUT2D eigenvalue weighted by molar-refractivity contribution is 7.81. The largest absolute Gasteiger partial charge is 0.401 e. The Morgan fingerprint density at radius 2 is 1.67 bits per heavy atom. The monoisotopic (exact) mass is 214 g/mol. The number of rotatable bonds is 1. The van der Waals surface area contributed by atoms with Crippen LogP contribution in [0.2, 0.25) is 0 Å². The highest BCUT2D eigenvalue weighted by Gasteiger charge is 2.27. The molecule has 0 unspecified atom stereocenters. The van der Waals surface area contributed by atoms with Crippen molar-refractivity contribution in [3.8, 4) is 0 Å². The molecule has 0 bridgehead atoms. The smallest absolute Gasteiger partial charge is 0.263 e. The number of hydrogen-bond acceptors (Lipinski definition) is 3. The molecule has 0 amide bonds. The number of alkyl halides is 3. The fraction of sp³-hybridized carbons (Fsp3) is 1.00. The second-order valence-electron chi connectivity index (χ2n) is 0.957. The second-order valence-corrected chi connectivity index (χ2v) is 4.16. The summed E-state index contributed by atoms with van der Waals surface area (Å²) in [5, 5.41) is 0. The summed E-state index contributed by atoms with van der Waals surface area (Å²) < 4.78 is 28.3. The third-order valence-corrected chi connectivity index (χ3v) is 1.17. The maximum atomic E-state index is 9.73. The van der Waals surface area contributed by atoms with Gasteiger partial charge in [-0.15, -0.1) is 0 Å². The lowest BCUT2D eigenvalue weighted by Gasteiger charge is -2.06. The van der Waals surface area contributed by atoms with Gasteiger partial charge in [-0.05, 0) is 0 Å². The lowest BCUT2D eigenvalue weighted by atomic mass is 11.7. The molecular weight excluding hydrogens is 214 g/mol. The summed E-state index contributed by atoms with van der Waals surface area (Å²) >= 11 is 14.4. The van der Waals surface area contributed by atoms with Crippen molar-refractivity contribution in [2.24, 2.45) is 0 Å². The Labute approximate surface area is 66.6 Å². The summed E-state index contributed by atoms with van der Waals surface area (Å²) in [5.74, 6) is 0. The van der Waals surface area contributed by atoms with E-state index in [-0.39, 0.29) is 0 Å². The van der Waals surface area contributed by atoms with Crippen LogP contribution in [0.25, 0.3) is 0 Å². The Bertz CT molecular complexity index is 176. The maximum absolute atomic E-state index is 9.73. The molecule has 0 rings (SSSR count). The Balaban J connectivity index is 4.07. The van der Waals surface area contributed by atoms with E-state index >= 15 is 0 Å². The first-order valence-electron chi connectivity index (χ1n) is 1.45. The van der Waals surface area contributed by atoms with Crippen LogP contribution in [-0.2, 0) is 14.6 Å². The van der Waals surface area contributed by atoms with E-state index in [1.807, 2.05) is 0 Å². The molecule has 0 aromatic carbocycles. The van der Waals surface area contributed by atoms with E-state index in [0.717, 1.165) is 0 Å². The summed E-state index contributed by atoms with van der Waals surface area (Å²) in [7, 11) is -4.68. The van der Waals surface area contributed by atoms with Gasteiger partial charge in [0.1, 0.15) is 0 Å². The summed E-state index contributed by atoms with van der Waals surface area (Å²) in [6.45, 7) is 0.